The number of hydrogen-bond donors (Lipinski definition) is 0. The van der Waals surface area contributed by atoms with Crippen LogP contribution in [0.15, 0.2) is 48.5 Å². The summed E-state index contributed by atoms with van der Waals surface area (Å²) in [6.45, 7) is 6.11. The van der Waals surface area contributed by atoms with E-state index in [4.69, 9.17) is 9.47 Å². The van der Waals surface area contributed by atoms with Gasteiger partial charge in [0.2, 0.25) is 0 Å². The number of imidazole rings is 1. The first kappa shape index (κ1) is 17.0. The third-order valence-corrected chi connectivity index (χ3v) is 3.78. The molecule has 25 heavy (non-hydrogen) atoms. The highest BCUT2D eigenvalue weighted by Gasteiger charge is 2.15. The molecule has 0 aliphatic carbocycles. The van der Waals surface area contributed by atoms with E-state index in [-0.39, 0.29) is 25.2 Å². The molecule has 1 aromatic heterocycles. The number of rotatable bonds is 6. The van der Waals surface area contributed by atoms with Crippen molar-refractivity contribution < 1.29 is 14.3 Å². The lowest BCUT2D eigenvalue weighted by atomic mass is 10.2. The summed E-state index contributed by atoms with van der Waals surface area (Å²) in [5.74, 6) is 1.19. The molecule has 130 valence electrons. The summed E-state index contributed by atoms with van der Waals surface area (Å²) < 4.78 is 13.0. The zero-order valence-electron chi connectivity index (χ0n) is 14.7. The standard InChI is InChI=1S/C20H22N2O3/c1-14(2)25-20(23)12-22-18-7-5-4-6-17(18)21-19(22)13-24-16-10-8-15(3)9-11-16/h4-11,14H,12-13H2,1-3H3. The predicted octanol–water partition coefficient (Wildman–Crippen LogP) is 3.88. The van der Waals surface area contributed by atoms with Gasteiger partial charge in [0.15, 0.2) is 0 Å². The van der Waals surface area contributed by atoms with E-state index in [0.29, 0.717) is 5.82 Å². The first-order valence-corrected chi connectivity index (χ1v) is 8.36. The zero-order valence-corrected chi connectivity index (χ0v) is 14.7. The van der Waals surface area contributed by atoms with Gasteiger partial charge in [0.1, 0.15) is 24.7 Å². The summed E-state index contributed by atoms with van der Waals surface area (Å²) in [5.41, 5.74) is 2.91. The van der Waals surface area contributed by atoms with Crippen molar-refractivity contribution in [2.75, 3.05) is 0 Å². The van der Waals surface area contributed by atoms with Crippen molar-refractivity contribution in [1.82, 2.24) is 9.55 Å². The molecule has 0 unspecified atom stereocenters. The zero-order chi connectivity index (χ0) is 17.8. The highest BCUT2D eigenvalue weighted by Crippen LogP contribution is 2.19. The number of ether oxygens (including phenoxy) is 2. The highest BCUT2D eigenvalue weighted by molar-refractivity contribution is 5.79. The van der Waals surface area contributed by atoms with Crippen LogP contribution in [0.4, 0.5) is 0 Å². The lowest BCUT2D eigenvalue weighted by Gasteiger charge is -2.12. The van der Waals surface area contributed by atoms with Crippen LogP contribution in [-0.2, 0) is 22.7 Å². The average Bonchev–Trinajstić information content (AvgIpc) is 2.91. The van der Waals surface area contributed by atoms with Crippen molar-refractivity contribution in [2.45, 2.75) is 40.0 Å². The van der Waals surface area contributed by atoms with E-state index in [2.05, 4.69) is 4.98 Å². The molecular weight excluding hydrogens is 316 g/mol. The minimum Gasteiger partial charge on any atom is -0.486 e. The number of esters is 1. The lowest BCUT2D eigenvalue weighted by Crippen LogP contribution is -2.19. The molecule has 0 spiro atoms. The Bertz CT molecular complexity index is 866. The monoisotopic (exact) mass is 338 g/mol. The van der Waals surface area contributed by atoms with Crippen LogP contribution in [0.3, 0.4) is 0 Å². The summed E-state index contributed by atoms with van der Waals surface area (Å²) >= 11 is 0. The summed E-state index contributed by atoms with van der Waals surface area (Å²) in [6, 6.07) is 15.6. The van der Waals surface area contributed by atoms with Crippen LogP contribution >= 0.6 is 0 Å². The van der Waals surface area contributed by atoms with Crippen LogP contribution < -0.4 is 4.74 Å². The Hall–Kier alpha value is -2.82. The summed E-state index contributed by atoms with van der Waals surface area (Å²) in [7, 11) is 0. The fourth-order valence-corrected chi connectivity index (χ4v) is 2.62. The van der Waals surface area contributed by atoms with Crippen molar-refractivity contribution in [1.29, 1.82) is 0 Å². The van der Waals surface area contributed by atoms with Crippen molar-refractivity contribution in [2.24, 2.45) is 0 Å². The van der Waals surface area contributed by atoms with Crippen molar-refractivity contribution in [3.05, 3.63) is 59.9 Å². The molecular formula is C20H22N2O3. The maximum absolute atomic E-state index is 12.1. The molecule has 5 nitrogen and oxygen atoms in total. The Morgan fingerprint density at radius 3 is 2.56 bits per heavy atom. The number of hydrogen-bond acceptors (Lipinski definition) is 4. The van der Waals surface area contributed by atoms with Crippen molar-refractivity contribution in [3.8, 4) is 5.75 Å². The molecule has 0 N–H and O–H groups in total. The van der Waals surface area contributed by atoms with Gasteiger partial charge < -0.3 is 14.0 Å². The SMILES string of the molecule is Cc1ccc(OCc2nc3ccccc3n2CC(=O)OC(C)C)cc1. The van der Waals surface area contributed by atoms with Gasteiger partial charge in [-0.05, 0) is 45.0 Å². The van der Waals surface area contributed by atoms with E-state index in [1.807, 2.05) is 73.9 Å². The molecule has 0 radical (unpaired) electrons. The second-order valence-electron chi connectivity index (χ2n) is 6.24. The van der Waals surface area contributed by atoms with E-state index < -0.39 is 0 Å². The first-order valence-electron chi connectivity index (χ1n) is 8.36. The van der Waals surface area contributed by atoms with Crippen molar-refractivity contribution in [3.63, 3.8) is 0 Å². The number of fused-ring (bicyclic) bond motifs is 1. The summed E-state index contributed by atoms with van der Waals surface area (Å²) in [5, 5.41) is 0. The number of carbonyl (C=O) groups excluding carboxylic acids is 1. The second-order valence-corrected chi connectivity index (χ2v) is 6.24. The lowest BCUT2D eigenvalue weighted by molar-refractivity contribution is -0.148. The maximum atomic E-state index is 12.1. The third-order valence-electron chi connectivity index (χ3n) is 3.78. The molecule has 1 heterocycles. The number of nitrogens with zero attached hydrogens (tertiary/aromatic N) is 2. The fraction of sp³-hybridized carbons (Fsp3) is 0.300. The molecule has 0 amide bonds. The molecule has 2 aromatic carbocycles. The van der Waals surface area contributed by atoms with Gasteiger partial charge in [0.05, 0.1) is 17.1 Å². The molecule has 3 rings (SSSR count). The molecule has 3 aromatic rings. The first-order chi connectivity index (χ1) is 12.0. The van der Waals surface area contributed by atoms with Crippen LogP contribution in [0.25, 0.3) is 11.0 Å². The highest BCUT2D eigenvalue weighted by atomic mass is 16.5. The van der Waals surface area contributed by atoms with Gasteiger partial charge in [-0.1, -0.05) is 29.8 Å². The van der Waals surface area contributed by atoms with E-state index in [1.54, 1.807) is 0 Å². The Kier molecular flexibility index (Phi) is 5.03. The van der Waals surface area contributed by atoms with Gasteiger partial charge >= 0.3 is 5.97 Å². The van der Waals surface area contributed by atoms with Crippen molar-refractivity contribution >= 4 is 17.0 Å². The Balaban J connectivity index is 1.84. The van der Waals surface area contributed by atoms with Gasteiger partial charge in [-0.25, -0.2) is 4.98 Å². The van der Waals surface area contributed by atoms with Crippen LogP contribution in [0.1, 0.15) is 25.2 Å². The Labute approximate surface area is 147 Å². The van der Waals surface area contributed by atoms with Crippen LogP contribution in [0.5, 0.6) is 5.75 Å². The summed E-state index contributed by atoms with van der Waals surface area (Å²) in [4.78, 5) is 16.7. The third kappa shape index (κ3) is 4.18. The summed E-state index contributed by atoms with van der Waals surface area (Å²) in [6.07, 6.45) is -0.144. The number of aryl methyl sites for hydroxylation is 1. The molecule has 5 heteroatoms. The number of benzene rings is 2. The minimum atomic E-state index is -0.283. The molecule has 0 aliphatic heterocycles. The fourth-order valence-electron chi connectivity index (χ4n) is 2.62. The van der Waals surface area contributed by atoms with Crippen LogP contribution in [0.2, 0.25) is 0 Å². The van der Waals surface area contributed by atoms with Crippen LogP contribution in [-0.4, -0.2) is 21.6 Å². The molecule has 0 bridgehead atoms. The number of carbonyl (C=O) groups is 1. The molecule has 0 saturated heterocycles. The smallest absolute Gasteiger partial charge is 0.326 e. The second kappa shape index (κ2) is 7.38. The van der Waals surface area contributed by atoms with E-state index in [9.17, 15) is 4.79 Å². The quantitative estimate of drug-likeness (QED) is 0.640. The minimum absolute atomic E-state index is 0.116. The molecule has 0 atom stereocenters. The van der Waals surface area contributed by atoms with Crippen LogP contribution in [0, 0.1) is 6.92 Å². The normalized spacial score (nSPS) is 11.0. The van der Waals surface area contributed by atoms with E-state index >= 15 is 0 Å². The van der Waals surface area contributed by atoms with Gasteiger partial charge in [-0.2, -0.15) is 0 Å². The number of para-hydroxylation sites is 2. The predicted molar refractivity (Wildman–Crippen MR) is 96.5 cm³/mol. The Morgan fingerprint density at radius 1 is 1.12 bits per heavy atom. The van der Waals surface area contributed by atoms with E-state index in [1.165, 1.54) is 5.56 Å². The van der Waals surface area contributed by atoms with Gasteiger partial charge in [-0.3, -0.25) is 4.79 Å². The largest absolute Gasteiger partial charge is 0.486 e. The van der Waals surface area contributed by atoms with E-state index in [0.717, 1.165) is 16.8 Å². The maximum Gasteiger partial charge on any atom is 0.326 e. The Morgan fingerprint density at radius 2 is 1.84 bits per heavy atom. The topological polar surface area (TPSA) is 53.4 Å². The van der Waals surface area contributed by atoms with Gasteiger partial charge in [0, 0.05) is 0 Å². The van der Waals surface area contributed by atoms with Gasteiger partial charge in [-0.15, -0.1) is 0 Å². The molecule has 0 aliphatic rings. The molecule has 0 saturated carbocycles. The molecule has 0 fully saturated rings. The number of aromatic nitrogens is 2. The van der Waals surface area contributed by atoms with Gasteiger partial charge in [0.25, 0.3) is 0 Å². The average molecular weight is 338 g/mol.